The van der Waals surface area contributed by atoms with Crippen LogP contribution in [0.15, 0.2) is 36.4 Å². The van der Waals surface area contributed by atoms with E-state index in [2.05, 4.69) is 31.3 Å². The predicted molar refractivity (Wildman–Crippen MR) is 84.4 cm³/mol. The smallest absolute Gasteiger partial charge is 0.132 e. The van der Waals surface area contributed by atoms with Gasteiger partial charge in [-0.05, 0) is 43.1 Å². The molecule has 0 fully saturated rings. The lowest BCUT2D eigenvalue weighted by molar-refractivity contribution is 0.410. The summed E-state index contributed by atoms with van der Waals surface area (Å²) in [6.07, 6.45) is 0. The third kappa shape index (κ3) is 3.24. The lowest BCUT2D eigenvalue weighted by Gasteiger charge is -2.23. The van der Waals surface area contributed by atoms with E-state index in [4.69, 9.17) is 4.74 Å². The standard InChI is InChI=1S/C18H22FNO/c1-5-20-18(17-12(2)7-6-8-13(17)3)15-10-9-14(21-4)11-16(15)19/h6-11,18,20H,5H2,1-4H3. The fourth-order valence-electron chi connectivity index (χ4n) is 2.72. The van der Waals surface area contributed by atoms with Gasteiger partial charge in [0.25, 0.3) is 0 Å². The van der Waals surface area contributed by atoms with Gasteiger partial charge in [0, 0.05) is 11.6 Å². The van der Waals surface area contributed by atoms with Crippen molar-refractivity contribution in [1.82, 2.24) is 5.32 Å². The van der Waals surface area contributed by atoms with E-state index in [1.807, 2.05) is 13.0 Å². The molecular formula is C18H22FNO. The second kappa shape index (κ2) is 6.72. The lowest BCUT2D eigenvalue weighted by atomic mass is 9.91. The molecule has 0 aliphatic rings. The molecule has 0 radical (unpaired) electrons. The van der Waals surface area contributed by atoms with Crippen LogP contribution in [0.25, 0.3) is 0 Å². The molecule has 0 spiro atoms. The SMILES string of the molecule is CCNC(c1ccc(OC)cc1F)c1c(C)cccc1C. The highest BCUT2D eigenvalue weighted by Gasteiger charge is 2.20. The Morgan fingerprint density at radius 3 is 2.33 bits per heavy atom. The molecule has 0 saturated carbocycles. The molecule has 0 amide bonds. The van der Waals surface area contributed by atoms with Crippen molar-refractivity contribution in [2.24, 2.45) is 0 Å². The highest BCUT2D eigenvalue weighted by Crippen LogP contribution is 2.31. The van der Waals surface area contributed by atoms with Gasteiger partial charge in [-0.3, -0.25) is 0 Å². The van der Waals surface area contributed by atoms with Gasteiger partial charge >= 0.3 is 0 Å². The van der Waals surface area contributed by atoms with Crippen LogP contribution >= 0.6 is 0 Å². The zero-order valence-corrected chi connectivity index (χ0v) is 13.0. The van der Waals surface area contributed by atoms with E-state index < -0.39 is 0 Å². The monoisotopic (exact) mass is 287 g/mol. The first-order valence-corrected chi connectivity index (χ1v) is 7.21. The van der Waals surface area contributed by atoms with Gasteiger partial charge in [-0.15, -0.1) is 0 Å². The maximum Gasteiger partial charge on any atom is 0.132 e. The van der Waals surface area contributed by atoms with Gasteiger partial charge < -0.3 is 10.1 Å². The highest BCUT2D eigenvalue weighted by atomic mass is 19.1. The number of nitrogens with one attached hydrogen (secondary N) is 1. The Bertz CT molecular complexity index is 604. The van der Waals surface area contributed by atoms with Crippen molar-refractivity contribution in [3.63, 3.8) is 0 Å². The molecule has 0 bridgehead atoms. The quantitative estimate of drug-likeness (QED) is 0.892. The highest BCUT2D eigenvalue weighted by molar-refractivity contribution is 5.43. The third-order valence-corrected chi connectivity index (χ3v) is 3.76. The number of benzene rings is 2. The minimum absolute atomic E-state index is 0.151. The molecular weight excluding hydrogens is 265 g/mol. The Labute approximate surface area is 126 Å². The van der Waals surface area contributed by atoms with Crippen molar-refractivity contribution < 1.29 is 9.13 Å². The molecule has 1 unspecified atom stereocenters. The Morgan fingerprint density at radius 2 is 1.81 bits per heavy atom. The molecule has 0 aromatic heterocycles. The molecule has 0 saturated heterocycles. The van der Waals surface area contributed by atoms with Crippen molar-refractivity contribution in [3.8, 4) is 5.75 Å². The number of hydrogen-bond acceptors (Lipinski definition) is 2. The Kier molecular flexibility index (Phi) is 4.97. The minimum atomic E-state index is -0.247. The summed E-state index contributed by atoms with van der Waals surface area (Å²) in [5.74, 6) is 0.288. The summed E-state index contributed by atoms with van der Waals surface area (Å²) < 4.78 is 19.5. The lowest BCUT2D eigenvalue weighted by Crippen LogP contribution is -2.24. The first-order valence-electron chi connectivity index (χ1n) is 7.21. The summed E-state index contributed by atoms with van der Waals surface area (Å²) in [5.41, 5.74) is 4.12. The number of aryl methyl sites for hydroxylation is 2. The number of halogens is 1. The first-order chi connectivity index (χ1) is 10.1. The molecule has 2 aromatic rings. The molecule has 0 heterocycles. The maximum atomic E-state index is 14.4. The summed E-state index contributed by atoms with van der Waals surface area (Å²) in [6, 6.07) is 11.0. The van der Waals surface area contributed by atoms with E-state index in [0.29, 0.717) is 11.3 Å². The normalized spacial score (nSPS) is 12.2. The van der Waals surface area contributed by atoms with Crippen LogP contribution < -0.4 is 10.1 Å². The van der Waals surface area contributed by atoms with E-state index >= 15 is 0 Å². The molecule has 2 nitrogen and oxygen atoms in total. The number of rotatable bonds is 5. The van der Waals surface area contributed by atoms with Crippen LogP contribution in [0.3, 0.4) is 0 Å². The van der Waals surface area contributed by atoms with Crippen molar-refractivity contribution in [1.29, 1.82) is 0 Å². The number of ether oxygens (including phenoxy) is 1. The average molecular weight is 287 g/mol. The minimum Gasteiger partial charge on any atom is -0.497 e. The van der Waals surface area contributed by atoms with Gasteiger partial charge in [0.2, 0.25) is 0 Å². The van der Waals surface area contributed by atoms with Crippen LogP contribution in [-0.4, -0.2) is 13.7 Å². The van der Waals surface area contributed by atoms with Crippen LogP contribution in [0.1, 0.15) is 35.2 Å². The topological polar surface area (TPSA) is 21.3 Å². The van der Waals surface area contributed by atoms with Gasteiger partial charge in [0.1, 0.15) is 11.6 Å². The summed E-state index contributed by atoms with van der Waals surface area (Å²) in [6.45, 7) is 6.92. The van der Waals surface area contributed by atoms with E-state index in [-0.39, 0.29) is 11.9 Å². The number of hydrogen-bond donors (Lipinski definition) is 1. The molecule has 3 heteroatoms. The van der Waals surface area contributed by atoms with Crippen molar-refractivity contribution in [2.75, 3.05) is 13.7 Å². The summed E-state index contributed by atoms with van der Waals surface area (Å²) in [7, 11) is 1.54. The molecule has 2 rings (SSSR count). The van der Waals surface area contributed by atoms with Gasteiger partial charge in [-0.1, -0.05) is 31.2 Å². The molecule has 2 aromatic carbocycles. The van der Waals surface area contributed by atoms with Crippen molar-refractivity contribution in [3.05, 3.63) is 64.5 Å². The molecule has 0 aliphatic heterocycles. The first kappa shape index (κ1) is 15.5. The van der Waals surface area contributed by atoms with Gasteiger partial charge in [-0.2, -0.15) is 0 Å². The van der Waals surface area contributed by atoms with E-state index in [1.54, 1.807) is 19.2 Å². The van der Waals surface area contributed by atoms with Crippen LogP contribution in [0.2, 0.25) is 0 Å². The zero-order valence-electron chi connectivity index (χ0n) is 13.0. The molecule has 0 aliphatic carbocycles. The van der Waals surface area contributed by atoms with E-state index in [1.165, 1.54) is 6.07 Å². The van der Waals surface area contributed by atoms with Gasteiger partial charge in [0.05, 0.1) is 13.2 Å². The predicted octanol–water partition coefficient (Wildman–Crippen LogP) is 4.15. The van der Waals surface area contributed by atoms with Gasteiger partial charge in [0.15, 0.2) is 0 Å². The van der Waals surface area contributed by atoms with Crippen LogP contribution in [0.4, 0.5) is 4.39 Å². The van der Waals surface area contributed by atoms with Crippen molar-refractivity contribution in [2.45, 2.75) is 26.8 Å². The van der Waals surface area contributed by atoms with E-state index in [9.17, 15) is 4.39 Å². The Morgan fingerprint density at radius 1 is 1.14 bits per heavy atom. The fourth-order valence-corrected chi connectivity index (χ4v) is 2.72. The third-order valence-electron chi connectivity index (χ3n) is 3.76. The second-order valence-electron chi connectivity index (χ2n) is 5.18. The number of methoxy groups -OCH3 is 1. The Balaban J connectivity index is 2.53. The van der Waals surface area contributed by atoms with Crippen LogP contribution in [-0.2, 0) is 0 Å². The maximum absolute atomic E-state index is 14.4. The second-order valence-corrected chi connectivity index (χ2v) is 5.18. The molecule has 21 heavy (non-hydrogen) atoms. The van der Waals surface area contributed by atoms with Crippen LogP contribution in [0.5, 0.6) is 5.75 Å². The van der Waals surface area contributed by atoms with Crippen LogP contribution in [0, 0.1) is 19.7 Å². The van der Waals surface area contributed by atoms with Gasteiger partial charge in [-0.25, -0.2) is 4.39 Å². The molecule has 112 valence electrons. The largest absolute Gasteiger partial charge is 0.497 e. The van der Waals surface area contributed by atoms with E-state index in [0.717, 1.165) is 23.2 Å². The summed E-state index contributed by atoms with van der Waals surface area (Å²) >= 11 is 0. The Hall–Kier alpha value is -1.87. The van der Waals surface area contributed by atoms with Crippen molar-refractivity contribution >= 4 is 0 Å². The summed E-state index contributed by atoms with van der Waals surface area (Å²) in [5, 5.41) is 3.39. The average Bonchev–Trinajstić information content (AvgIpc) is 2.46. The fraction of sp³-hybridized carbons (Fsp3) is 0.333. The summed E-state index contributed by atoms with van der Waals surface area (Å²) in [4.78, 5) is 0. The zero-order chi connectivity index (χ0) is 15.4. The molecule has 1 N–H and O–H groups in total. The molecule has 1 atom stereocenters.